The van der Waals surface area contributed by atoms with Gasteiger partial charge >= 0.3 is 182 Å². The standard InChI is InChI=1S/C27H34NOP/c1-27(2,3)20-21-28-26(29)19-22-30(23-13-7-4-8-14-23,24-15-9-5-10-16-24)25-17-11-6-12-18-25/h4-18,30H,19-22H2,1-3H3,(H,28,29). The molecule has 0 heterocycles. The molecule has 0 fully saturated rings. The third-order valence-electron chi connectivity index (χ3n) is 5.72. The normalized spacial score (nSPS) is 12.4. The second-order valence-corrected chi connectivity index (χ2v) is 13.2. The maximum absolute atomic E-state index is 12.8. The van der Waals surface area contributed by atoms with E-state index in [0.29, 0.717) is 6.42 Å². The van der Waals surface area contributed by atoms with Crippen molar-refractivity contribution in [1.29, 1.82) is 0 Å². The Morgan fingerprint density at radius 2 is 1.13 bits per heavy atom. The molecule has 0 aliphatic rings. The number of hydrogen-bond acceptors (Lipinski definition) is 1. The molecule has 0 aromatic heterocycles. The average Bonchev–Trinajstić information content (AvgIpc) is 2.76. The Kier molecular flexibility index (Phi) is 7.45. The molecular formula is C27H34NOP. The van der Waals surface area contributed by atoms with E-state index in [2.05, 4.69) is 117 Å². The van der Waals surface area contributed by atoms with Gasteiger partial charge < -0.3 is 0 Å². The van der Waals surface area contributed by atoms with E-state index in [-0.39, 0.29) is 11.3 Å². The molecule has 158 valence electrons. The number of rotatable bonds is 8. The van der Waals surface area contributed by atoms with Crippen molar-refractivity contribution in [2.24, 2.45) is 5.41 Å². The zero-order chi connectivity index (χ0) is 21.5. The number of benzene rings is 3. The van der Waals surface area contributed by atoms with Crippen molar-refractivity contribution < 1.29 is 4.79 Å². The van der Waals surface area contributed by atoms with Crippen molar-refractivity contribution in [3.63, 3.8) is 0 Å². The summed E-state index contributed by atoms with van der Waals surface area (Å²) in [6, 6.07) is 32.3. The van der Waals surface area contributed by atoms with E-state index < -0.39 is 7.26 Å². The molecule has 3 heteroatoms. The molecule has 3 aromatic carbocycles. The minimum atomic E-state index is -2.32. The molecule has 1 amide bonds. The topological polar surface area (TPSA) is 29.1 Å². The molecule has 3 aromatic rings. The van der Waals surface area contributed by atoms with Crippen molar-refractivity contribution in [2.45, 2.75) is 33.6 Å². The van der Waals surface area contributed by atoms with Crippen LogP contribution in [-0.2, 0) is 4.79 Å². The van der Waals surface area contributed by atoms with E-state index >= 15 is 0 Å². The Bertz CT molecular complexity index is 821. The number of amides is 1. The second kappa shape index (κ2) is 10.0. The van der Waals surface area contributed by atoms with Gasteiger partial charge in [0.05, 0.1) is 0 Å². The first-order chi connectivity index (χ1) is 14.4. The summed E-state index contributed by atoms with van der Waals surface area (Å²) in [7, 11) is -2.32. The van der Waals surface area contributed by atoms with Gasteiger partial charge in [-0.05, 0) is 0 Å². The molecule has 0 saturated heterocycles. The van der Waals surface area contributed by atoms with Crippen LogP contribution in [0.1, 0.15) is 33.6 Å². The Morgan fingerprint density at radius 1 is 0.733 bits per heavy atom. The number of nitrogens with one attached hydrogen (secondary N) is 1. The Balaban J connectivity index is 1.94. The molecule has 0 spiro atoms. The van der Waals surface area contributed by atoms with Gasteiger partial charge in [0, 0.05) is 0 Å². The van der Waals surface area contributed by atoms with E-state index in [1.165, 1.54) is 15.9 Å². The molecule has 2 nitrogen and oxygen atoms in total. The Morgan fingerprint density at radius 3 is 1.50 bits per heavy atom. The van der Waals surface area contributed by atoms with Gasteiger partial charge in [-0.25, -0.2) is 0 Å². The van der Waals surface area contributed by atoms with Crippen molar-refractivity contribution in [3.8, 4) is 0 Å². The number of hydrogen-bond donors (Lipinski definition) is 1. The SMILES string of the molecule is CC(C)(C)CCNC(=O)CC[PH](c1ccccc1)(c1ccccc1)c1ccccc1. The van der Waals surface area contributed by atoms with Crippen molar-refractivity contribution in [2.75, 3.05) is 12.7 Å². The van der Waals surface area contributed by atoms with Crippen LogP contribution in [0.4, 0.5) is 0 Å². The second-order valence-electron chi connectivity index (χ2n) is 9.16. The molecule has 0 bridgehead atoms. The molecule has 30 heavy (non-hydrogen) atoms. The maximum atomic E-state index is 12.8. The Hall–Kier alpha value is -2.44. The van der Waals surface area contributed by atoms with E-state index in [1.54, 1.807) is 0 Å². The van der Waals surface area contributed by atoms with E-state index in [0.717, 1.165) is 19.1 Å². The summed E-state index contributed by atoms with van der Waals surface area (Å²) in [6.45, 7) is 7.35. The van der Waals surface area contributed by atoms with Crippen molar-refractivity contribution in [3.05, 3.63) is 91.0 Å². The van der Waals surface area contributed by atoms with Crippen LogP contribution in [0.15, 0.2) is 91.0 Å². The van der Waals surface area contributed by atoms with Crippen molar-refractivity contribution >= 4 is 29.1 Å². The molecular weight excluding hydrogens is 385 g/mol. The van der Waals surface area contributed by atoms with Gasteiger partial charge in [-0.2, -0.15) is 0 Å². The first-order valence-corrected chi connectivity index (χ1v) is 13.1. The minimum absolute atomic E-state index is 0.152. The summed E-state index contributed by atoms with van der Waals surface area (Å²) >= 11 is 0. The predicted molar refractivity (Wildman–Crippen MR) is 133 cm³/mol. The molecule has 3 rings (SSSR count). The molecule has 0 radical (unpaired) electrons. The first kappa shape index (κ1) is 22.2. The summed E-state index contributed by atoms with van der Waals surface area (Å²) in [6.07, 6.45) is 2.37. The molecule has 1 N–H and O–H groups in total. The van der Waals surface area contributed by atoms with Crippen LogP contribution in [0.5, 0.6) is 0 Å². The summed E-state index contributed by atoms with van der Waals surface area (Å²) in [4.78, 5) is 12.8. The molecule has 0 aliphatic carbocycles. The fraction of sp³-hybridized carbons (Fsp3) is 0.296. The van der Waals surface area contributed by atoms with Gasteiger partial charge in [-0.1, -0.05) is 0 Å². The van der Waals surface area contributed by atoms with Crippen LogP contribution in [-0.4, -0.2) is 18.6 Å². The third-order valence-corrected chi connectivity index (χ3v) is 10.7. The van der Waals surface area contributed by atoms with Crippen molar-refractivity contribution in [1.82, 2.24) is 5.32 Å². The molecule has 0 unspecified atom stereocenters. The zero-order valence-electron chi connectivity index (χ0n) is 18.4. The number of carbonyl (C=O) groups excluding carboxylic acids is 1. The van der Waals surface area contributed by atoms with Crippen LogP contribution in [0, 0.1) is 5.41 Å². The van der Waals surface area contributed by atoms with Gasteiger partial charge in [0.2, 0.25) is 0 Å². The molecule has 0 atom stereocenters. The molecule has 0 saturated carbocycles. The monoisotopic (exact) mass is 419 g/mol. The quantitative estimate of drug-likeness (QED) is 0.529. The van der Waals surface area contributed by atoms with Gasteiger partial charge in [-0.15, -0.1) is 0 Å². The van der Waals surface area contributed by atoms with E-state index in [9.17, 15) is 4.79 Å². The predicted octanol–water partition coefficient (Wildman–Crippen LogP) is 4.66. The fourth-order valence-electron chi connectivity index (χ4n) is 4.07. The molecule has 0 aliphatic heterocycles. The van der Waals surface area contributed by atoms with Crippen LogP contribution >= 0.6 is 7.26 Å². The van der Waals surface area contributed by atoms with E-state index in [4.69, 9.17) is 0 Å². The van der Waals surface area contributed by atoms with Gasteiger partial charge in [0.15, 0.2) is 0 Å². The van der Waals surface area contributed by atoms with Crippen LogP contribution < -0.4 is 21.2 Å². The Labute approximate surface area is 182 Å². The first-order valence-electron chi connectivity index (χ1n) is 10.9. The van der Waals surface area contributed by atoms with Crippen LogP contribution in [0.25, 0.3) is 0 Å². The third kappa shape index (κ3) is 5.58. The summed E-state index contributed by atoms with van der Waals surface area (Å²) in [5.41, 5.74) is 0.226. The van der Waals surface area contributed by atoms with E-state index in [1.807, 2.05) is 0 Å². The summed E-state index contributed by atoms with van der Waals surface area (Å²) in [5.74, 6) is 0.152. The van der Waals surface area contributed by atoms with Gasteiger partial charge in [0.1, 0.15) is 0 Å². The summed E-state index contributed by atoms with van der Waals surface area (Å²) in [5, 5.41) is 7.20. The zero-order valence-corrected chi connectivity index (χ0v) is 19.4. The van der Waals surface area contributed by atoms with Crippen LogP contribution in [0.3, 0.4) is 0 Å². The summed E-state index contributed by atoms with van der Waals surface area (Å²) < 4.78 is 0. The number of carbonyl (C=O) groups is 1. The van der Waals surface area contributed by atoms with Crippen LogP contribution in [0.2, 0.25) is 0 Å². The van der Waals surface area contributed by atoms with Gasteiger partial charge in [-0.3, -0.25) is 0 Å². The average molecular weight is 420 g/mol. The fourth-order valence-corrected chi connectivity index (χ4v) is 8.82. The van der Waals surface area contributed by atoms with Gasteiger partial charge in [0.25, 0.3) is 0 Å².